The van der Waals surface area contributed by atoms with Gasteiger partial charge in [0.1, 0.15) is 11.4 Å². The molecule has 1 aliphatic carbocycles. The van der Waals surface area contributed by atoms with E-state index in [-0.39, 0.29) is 12.1 Å². The van der Waals surface area contributed by atoms with Gasteiger partial charge in [0.2, 0.25) is 0 Å². The molecule has 2 rings (SSSR count). The lowest BCUT2D eigenvalue weighted by molar-refractivity contribution is -0.133. The largest absolute Gasteiger partial charge is 0.478 e. The van der Waals surface area contributed by atoms with E-state index in [9.17, 15) is 4.79 Å². The van der Waals surface area contributed by atoms with Gasteiger partial charge in [-0.3, -0.25) is 0 Å². The minimum absolute atomic E-state index is 0.194. The first kappa shape index (κ1) is 8.76. The molecule has 1 atom stereocenters. The third-order valence-electron chi connectivity index (χ3n) is 2.18. The lowest BCUT2D eigenvalue weighted by Gasteiger charge is -2.17. The van der Waals surface area contributed by atoms with E-state index in [1.807, 2.05) is 0 Å². The minimum atomic E-state index is -0.981. The fourth-order valence-corrected chi connectivity index (χ4v) is 1.48. The highest BCUT2D eigenvalue weighted by atomic mass is 16.4. The van der Waals surface area contributed by atoms with Gasteiger partial charge < -0.3 is 10.8 Å². The topological polar surface area (TPSA) is 100 Å². The lowest BCUT2D eigenvalue weighted by atomic mass is 9.88. The molecule has 2 aliphatic rings. The maximum absolute atomic E-state index is 10.8. The first-order valence-electron chi connectivity index (χ1n) is 4.08. The van der Waals surface area contributed by atoms with E-state index < -0.39 is 11.9 Å². The number of carboxylic acids is 1. The van der Waals surface area contributed by atoms with Gasteiger partial charge in [0.05, 0.1) is 0 Å². The fraction of sp³-hybridized carbons (Fsp3) is 0.250. The second-order valence-electron chi connectivity index (χ2n) is 2.94. The maximum atomic E-state index is 10.8. The molecule has 0 aromatic heterocycles. The summed E-state index contributed by atoms with van der Waals surface area (Å²) in [5.41, 5.74) is 6.88. The van der Waals surface area contributed by atoms with E-state index in [0.717, 1.165) is 0 Å². The van der Waals surface area contributed by atoms with Crippen molar-refractivity contribution in [3.63, 3.8) is 0 Å². The first-order chi connectivity index (χ1) is 6.74. The van der Waals surface area contributed by atoms with Crippen molar-refractivity contribution < 1.29 is 9.90 Å². The molecule has 6 nitrogen and oxygen atoms in total. The smallest absolute Gasteiger partial charge is 0.332 e. The summed E-state index contributed by atoms with van der Waals surface area (Å²) in [5, 5.41) is 19.9. The molecule has 0 bridgehead atoms. The zero-order valence-electron chi connectivity index (χ0n) is 7.21. The van der Waals surface area contributed by atoms with Gasteiger partial charge in [0.25, 0.3) is 0 Å². The molecule has 6 heteroatoms. The molecular weight excluding hydrogens is 184 g/mol. The predicted molar refractivity (Wildman–Crippen MR) is 48.6 cm³/mol. The summed E-state index contributed by atoms with van der Waals surface area (Å²) in [6.45, 7) is 0.194. The van der Waals surface area contributed by atoms with E-state index in [1.165, 1.54) is 6.08 Å². The Balaban J connectivity index is 2.42. The molecule has 0 spiro atoms. The van der Waals surface area contributed by atoms with Gasteiger partial charge in [-0.1, -0.05) is 0 Å². The van der Waals surface area contributed by atoms with Crippen LogP contribution >= 0.6 is 0 Å². The number of hydrogen-bond donors (Lipinski definition) is 2. The summed E-state index contributed by atoms with van der Waals surface area (Å²) in [6.07, 6.45) is 3.09. The second-order valence-corrected chi connectivity index (χ2v) is 2.94. The SMILES string of the molecule is NCC1C(C(=O)O)=CC=C2N=NN=C21. The molecular formula is C8H8N4O2. The van der Waals surface area contributed by atoms with Crippen molar-refractivity contribution >= 4 is 11.7 Å². The van der Waals surface area contributed by atoms with Crippen molar-refractivity contribution in [2.24, 2.45) is 27.1 Å². The first-order valence-corrected chi connectivity index (χ1v) is 4.08. The van der Waals surface area contributed by atoms with Crippen LogP contribution in [0.15, 0.2) is 38.9 Å². The number of fused-ring (bicyclic) bond motifs is 1. The molecule has 0 fully saturated rings. The van der Waals surface area contributed by atoms with Gasteiger partial charge >= 0.3 is 5.97 Å². The Kier molecular flexibility index (Phi) is 1.97. The molecule has 0 radical (unpaired) electrons. The van der Waals surface area contributed by atoms with Gasteiger partial charge in [-0.05, 0) is 17.4 Å². The van der Waals surface area contributed by atoms with Crippen molar-refractivity contribution in [2.45, 2.75) is 0 Å². The van der Waals surface area contributed by atoms with Crippen LogP contribution in [0.25, 0.3) is 0 Å². The highest BCUT2D eigenvalue weighted by molar-refractivity contribution is 6.10. The Morgan fingerprint density at radius 1 is 1.57 bits per heavy atom. The van der Waals surface area contributed by atoms with E-state index in [0.29, 0.717) is 11.4 Å². The van der Waals surface area contributed by atoms with Crippen LogP contribution in [-0.4, -0.2) is 23.3 Å². The van der Waals surface area contributed by atoms with E-state index >= 15 is 0 Å². The van der Waals surface area contributed by atoms with E-state index in [2.05, 4.69) is 15.4 Å². The monoisotopic (exact) mass is 192 g/mol. The lowest BCUT2D eigenvalue weighted by Crippen LogP contribution is -2.30. The molecule has 1 aliphatic heterocycles. The van der Waals surface area contributed by atoms with Crippen LogP contribution in [0.3, 0.4) is 0 Å². The summed E-state index contributed by atoms with van der Waals surface area (Å²) >= 11 is 0. The Bertz CT molecular complexity index is 406. The molecule has 3 N–H and O–H groups in total. The Morgan fingerprint density at radius 2 is 2.36 bits per heavy atom. The van der Waals surface area contributed by atoms with Crippen molar-refractivity contribution in [1.82, 2.24) is 0 Å². The second kappa shape index (κ2) is 3.15. The van der Waals surface area contributed by atoms with Crippen LogP contribution in [0.1, 0.15) is 0 Å². The van der Waals surface area contributed by atoms with Crippen molar-refractivity contribution in [3.05, 3.63) is 23.4 Å². The zero-order valence-corrected chi connectivity index (χ0v) is 7.21. The molecule has 0 aromatic carbocycles. The molecule has 0 amide bonds. The highest BCUT2D eigenvalue weighted by Gasteiger charge is 2.31. The van der Waals surface area contributed by atoms with Gasteiger partial charge in [0.15, 0.2) is 0 Å². The maximum Gasteiger partial charge on any atom is 0.332 e. The van der Waals surface area contributed by atoms with Crippen LogP contribution < -0.4 is 5.73 Å². The minimum Gasteiger partial charge on any atom is -0.478 e. The van der Waals surface area contributed by atoms with Crippen LogP contribution in [0.4, 0.5) is 0 Å². The van der Waals surface area contributed by atoms with Crippen LogP contribution in [0.2, 0.25) is 0 Å². The summed E-state index contributed by atoms with van der Waals surface area (Å²) in [5.74, 6) is -1.38. The van der Waals surface area contributed by atoms with Crippen LogP contribution in [0, 0.1) is 5.92 Å². The predicted octanol–water partition coefficient (Wildman–Crippen LogP) is 0.292. The Hall–Kier alpha value is -1.82. The molecule has 1 unspecified atom stereocenters. The summed E-state index contributed by atoms with van der Waals surface area (Å²) in [4.78, 5) is 10.8. The number of nitrogens with two attached hydrogens (primary N) is 1. The molecule has 1 heterocycles. The zero-order chi connectivity index (χ0) is 10.1. The van der Waals surface area contributed by atoms with Gasteiger partial charge in [-0.25, -0.2) is 4.79 Å². The van der Waals surface area contributed by atoms with Crippen molar-refractivity contribution in [3.8, 4) is 0 Å². The fourth-order valence-electron chi connectivity index (χ4n) is 1.48. The normalized spacial score (nSPS) is 23.8. The molecule has 0 aromatic rings. The number of rotatable bonds is 2. The molecule has 72 valence electrons. The average Bonchev–Trinajstić information content (AvgIpc) is 2.63. The Morgan fingerprint density at radius 3 is 3.00 bits per heavy atom. The number of carbonyl (C=O) groups is 1. The summed E-state index contributed by atoms with van der Waals surface area (Å²) in [7, 11) is 0. The summed E-state index contributed by atoms with van der Waals surface area (Å²) < 4.78 is 0. The number of hydrogen-bond acceptors (Lipinski definition) is 5. The molecule has 0 saturated heterocycles. The third-order valence-corrected chi connectivity index (χ3v) is 2.18. The molecule has 0 saturated carbocycles. The van der Waals surface area contributed by atoms with Crippen molar-refractivity contribution in [1.29, 1.82) is 0 Å². The average molecular weight is 192 g/mol. The van der Waals surface area contributed by atoms with E-state index in [4.69, 9.17) is 10.8 Å². The number of aliphatic carboxylic acids is 1. The van der Waals surface area contributed by atoms with Crippen LogP contribution in [-0.2, 0) is 4.79 Å². The van der Waals surface area contributed by atoms with Gasteiger partial charge in [-0.2, -0.15) is 0 Å². The van der Waals surface area contributed by atoms with Gasteiger partial charge in [-0.15, -0.1) is 10.2 Å². The van der Waals surface area contributed by atoms with E-state index in [1.54, 1.807) is 6.08 Å². The number of allylic oxidation sites excluding steroid dienone is 3. The van der Waals surface area contributed by atoms with Crippen LogP contribution in [0.5, 0.6) is 0 Å². The van der Waals surface area contributed by atoms with Gasteiger partial charge in [0, 0.05) is 18.0 Å². The number of carboxylic acid groups (broad SMARTS) is 1. The number of nitrogens with zero attached hydrogens (tertiary/aromatic N) is 3. The Labute approximate surface area is 79.5 Å². The molecule has 14 heavy (non-hydrogen) atoms. The summed E-state index contributed by atoms with van der Waals surface area (Å²) in [6, 6.07) is 0. The highest BCUT2D eigenvalue weighted by Crippen LogP contribution is 2.26. The third kappa shape index (κ3) is 1.16. The van der Waals surface area contributed by atoms with Crippen molar-refractivity contribution in [2.75, 3.05) is 6.54 Å². The quantitative estimate of drug-likeness (QED) is 0.657. The standard InChI is InChI=1S/C8H8N4O2/c9-3-5-4(8(13)14)1-2-6-7(5)11-12-10-6/h1-2,5H,3,9H2,(H,13,14).